The van der Waals surface area contributed by atoms with Gasteiger partial charge >= 0.3 is 0 Å². The van der Waals surface area contributed by atoms with Crippen molar-refractivity contribution in [3.8, 4) is 11.4 Å². The molecule has 0 aliphatic carbocycles. The van der Waals surface area contributed by atoms with Gasteiger partial charge in [-0.25, -0.2) is 9.97 Å². The molecule has 0 bridgehead atoms. The summed E-state index contributed by atoms with van der Waals surface area (Å²) in [5.41, 5.74) is 4.70. The van der Waals surface area contributed by atoms with Crippen molar-refractivity contribution >= 4 is 34.2 Å². The second-order valence-electron chi connectivity index (χ2n) is 9.80. The molecule has 3 heterocycles. The monoisotopic (exact) mass is 514 g/mol. The lowest BCUT2D eigenvalue weighted by molar-refractivity contribution is 0.312. The third-order valence-electron chi connectivity index (χ3n) is 6.86. The number of hydrogen-bond donors (Lipinski definition) is 2. The number of aromatic nitrogens is 4. The van der Waals surface area contributed by atoms with Gasteiger partial charge in [-0.15, -0.1) is 0 Å². The molecule has 10 nitrogen and oxygen atoms in total. The smallest absolute Gasteiger partial charge is 0.278 e. The lowest BCUT2D eigenvalue weighted by atomic mass is 10.1. The van der Waals surface area contributed by atoms with Crippen LogP contribution in [0.2, 0.25) is 0 Å². The van der Waals surface area contributed by atoms with Gasteiger partial charge in [0.15, 0.2) is 5.65 Å². The summed E-state index contributed by atoms with van der Waals surface area (Å²) in [6.45, 7) is 7.91. The minimum Gasteiger partial charge on any atom is -0.494 e. The van der Waals surface area contributed by atoms with Crippen molar-refractivity contribution in [3.05, 3.63) is 64.7 Å². The summed E-state index contributed by atoms with van der Waals surface area (Å²) in [5.74, 6) is 0.990. The molecule has 2 aromatic carbocycles. The first-order valence-electron chi connectivity index (χ1n) is 12.8. The average Bonchev–Trinajstić information content (AvgIpc) is 2.93. The van der Waals surface area contributed by atoms with Crippen molar-refractivity contribution in [3.63, 3.8) is 0 Å². The van der Waals surface area contributed by atoms with Crippen molar-refractivity contribution in [1.82, 2.24) is 24.4 Å². The van der Waals surface area contributed by atoms with Gasteiger partial charge in [0.2, 0.25) is 5.95 Å². The van der Waals surface area contributed by atoms with E-state index < -0.39 is 0 Å². The molecular weight excluding hydrogens is 480 g/mol. The lowest BCUT2D eigenvalue weighted by Crippen LogP contribution is -2.44. The van der Waals surface area contributed by atoms with Crippen LogP contribution >= 0.6 is 0 Å². The third kappa shape index (κ3) is 4.99. The summed E-state index contributed by atoms with van der Waals surface area (Å²) < 4.78 is 7.32. The first-order chi connectivity index (χ1) is 18.4. The van der Waals surface area contributed by atoms with Crippen molar-refractivity contribution in [2.45, 2.75) is 19.8 Å². The number of hydrogen-bond acceptors (Lipinski definition) is 9. The van der Waals surface area contributed by atoms with E-state index in [4.69, 9.17) is 9.72 Å². The summed E-state index contributed by atoms with van der Waals surface area (Å²) >= 11 is 0. The molecule has 38 heavy (non-hydrogen) atoms. The predicted octanol–water partition coefficient (Wildman–Crippen LogP) is 3.84. The van der Waals surface area contributed by atoms with Crippen LogP contribution in [0, 0.1) is 0 Å². The van der Waals surface area contributed by atoms with Crippen LogP contribution in [0.4, 0.5) is 23.0 Å². The van der Waals surface area contributed by atoms with Crippen molar-refractivity contribution < 1.29 is 4.74 Å². The van der Waals surface area contributed by atoms with E-state index in [1.807, 2.05) is 57.3 Å². The van der Waals surface area contributed by atoms with Crippen molar-refractivity contribution in [2.24, 2.45) is 0 Å². The molecule has 0 amide bonds. The highest BCUT2D eigenvalue weighted by atomic mass is 16.5. The van der Waals surface area contributed by atoms with Gasteiger partial charge in [0.05, 0.1) is 24.7 Å². The maximum Gasteiger partial charge on any atom is 0.278 e. The number of likely N-dealkylation sites (N-methyl/N-ethyl adjacent to an activating group) is 1. The number of methoxy groups -OCH3 is 1. The van der Waals surface area contributed by atoms with Crippen LogP contribution in [0.25, 0.3) is 16.9 Å². The minimum absolute atomic E-state index is 0.0495. The van der Waals surface area contributed by atoms with E-state index in [9.17, 15) is 4.79 Å². The van der Waals surface area contributed by atoms with Gasteiger partial charge in [-0.1, -0.05) is 19.9 Å². The molecule has 1 fully saturated rings. The fraction of sp³-hybridized carbons (Fsp3) is 0.357. The Morgan fingerprint density at radius 1 is 1.00 bits per heavy atom. The fourth-order valence-corrected chi connectivity index (χ4v) is 4.64. The third-order valence-corrected chi connectivity index (χ3v) is 6.86. The molecule has 0 unspecified atom stereocenters. The SMILES string of the molecule is CNc1cccc(-n2c(=O)c(C(C)C)nc3cnc(Nc4ccc(N5CCN(C)CC5)cc4OC)nc32)c1. The van der Waals surface area contributed by atoms with E-state index in [1.54, 1.807) is 17.9 Å². The Morgan fingerprint density at radius 3 is 2.50 bits per heavy atom. The molecule has 198 valence electrons. The predicted molar refractivity (Wildman–Crippen MR) is 153 cm³/mol. The second kappa shape index (κ2) is 10.7. The number of rotatable bonds is 7. The molecule has 5 rings (SSSR count). The van der Waals surface area contributed by atoms with Crippen molar-refractivity contribution in [1.29, 1.82) is 0 Å². The van der Waals surface area contributed by atoms with Crippen LogP contribution in [-0.2, 0) is 0 Å². The Hall–Kier alpha value is -4.18. The van der Waals surface area contributed by atoms with Crippen LogP contribution in [0.1, 0.15) is 25.5 Å². The fourth-order valence-electron chi connectivity index (χ4n) is 4.64. The maximum absolute atomic E-state index is 13.6. The summed E-state index contributed by atoms with van der Waals surface area (Å²) in [6, 6.07) is 13.7. The Bertz CT molecular complexity index is 1510. The second-order valence-corrected chi connectivity index (χ2v) is 9.80. The Balaban J connectivity index is 1.55. The number of piperazine rings is 1. The van der Waals surface area contributed by atoms with E-state index in [1.165, 1.54) is 0 Å². The highest BCUT2D eigenvalue weighted by molar-refractivity contribution is 5.75. The van der Waals surface area contributed by atoms with Crippen LogP contribution < -0.4 is 25.8 Å². The number of nitrogens with one attached hydrogen (secondary N) is 2. The van der Waals surface area contributed by atoms with Crippen LogP contribution in [0.15, 0.2) is 53.5 Å². The van der Waals surface area contributed by atoms with Gasteiger partial charge in [-0.2, -0.15) is 4.98 Å². The molecule has 0 spiro atoms. The Morgan fingerprint density at radius 2 is 1.79 bits per heavy atom. The van der Waals surface area contributed by atoms with E-state index in [2.05, 4.69) is 43.5 Å². The maximum atomic E-state index is 13.6. The molecule has 10 heteroatoms. The summed E-state index contributed by atoms with van der Waals surface area (Å²) in [5, 5.41) is 6.41. The molecule has 1 aliphatic rings. The van der Waals surface area contributed by atoms with Gasteiger partial charge in [0, 0.05) is 56.6 Å². The molecule has 4 aromatic rings. The van der Waals surface area contributed by atoms with Crippen LogP contribution in [-0.4, -0.2) is 71.8 Å². The molecule has 2 N–H and O–H groups in total. The first kappa shape index (κ1) is 25.5. The zero-order chi connectivity index (χ0) is 26.8. The summed E-state index contributed by atoms with van der Waals surface area (Å²) in [4.78, 5) is 32.1. The number of nitrogens with zero attached hydrogens (tertiary/aromatic N) is 6. The molecule has 0 atom stereocenters. The summed E-state index contributed by atoms with van der Waals surface area (Å²) in [7, 11) is 5.64. The molecule has 1 aliphatic heterocycles. The molecular formula is C28H34N8O2. The molecule has 0 saturated carbocycles. The quantitative estimate of drug-likeness (QED) is 0.381. The molecule has 2 aromatic heterocycles. The minimum atomic E-state index is -0.195. The van der Waals surface area contributed by atoms with E-state index in [0.29, 0.717) is 34.2 Å². The number of ether oxygens (including phenoxy) is 1. The molecule has 1 saturated heterocycles. The van der Waals surface area contributed by atoms with Crippen LogP contribution in [0.5, 0.6) is 5.75 Å². The van der Waals surface area contributed by atoms with Gasteiger partial charge in [-0.3, -0.25) is 9.36 Å². The topological polar surface area (TPSA) is 100 Å². The zero-order valence-corrected chi connectivity index (χ0v) is 22.5. The summed E-state index contributed by atoms with van der Waals surface area (Å²) in [6.07, 6.45) is 1.65. The number of benzene rings is 2. The largest absolute Gasteiger partial charge is 0.494 e. The Kier molecular flexibility index (Phi) is 7.15. The normalized spacial score (nSPS) is 14.2. The van der Waals surface area contributed by atoms with Gasteiger partial charge in [0.25, 0.3) is 5.56 Å². The van der Waals surface area contributed by atoms with Gasteiger partial charge in [0.1, 0.15) is 17.0 Å². The van der Waals surface area contributed by atoms with Gasteiger partial charge < -0.3 is 25.2 Å². The Labute approximate surface area is 222 Å². The number of anilines is 4. The van der Waals surface area contributed by atoms with Crippen molar-refractivity contribution in [2.75, 3.05) is 62.9 Å². The number of fused-ring (bicyclic) bond motifs is 1. The average molecular weight is 515 g/mol. The first-order valence-corrected chi connectivity index (χ1v) is 12.8. The lowest BCUT2D eigenvalue weighted by Gasteiger charge is -2.34. The molecule has 0 radical (unpaired) electrons. The van der Waals surface area contributed by atoms with E-state index >= 15 is 0 Å². The highest BCUT2D eigenvalue weighted by Crippen LogP contribution is 2.32. The van der Waals surface area contributed by atoms with Crippen LogP contribution in [0.3, 0.4) is 0 Å². The van der Waals surface area contributed by atoms with Gasteiger partial charge in [-0.05, 0) is 37.4 Å². The highest BCUT2D eigenvalue weighted by Gasteiger charge is 2.19. The standard InChI is InChI=1S/C28H34N8O2/c1-18(2)25-27(37)36(21-8-6-7-19(15-21)29-3)26-23(31-25)17-30-28(33-26)32-22-10-9-20(16-24(22)38-5)35-13-11-34(4)12-14-35/h6-10,15-18,29H,11-14H2,1-5H3,(H,30,32,33). The zero-order valence-electron chi connectivity index (χ0n) is 22.5. The van der Waals surface area contributed by atoms with E-state index in [-0.39, 0.29) is 11.5 Å². The van der Waals surface area contributed by atoms with E-state index in [0.717, 1.165) is 43.2 Å².